The van der Waals surface area contributed by atoms with Gasteiger partial charge in [0.2, 0.25) is 5.91 Å². The van der Waals surface area contributed by atoms with E-state index >= 15 is 0 Å². The molecular formula is C32H34Cl2N4O4. The number of rotatable bonds is 8. The maximum atomic E-state index is 13.7. The number of benzene rings is 3. The summed E-state index contributed by atoms with van der Waals surface area (Å²) in [6, 6.07) is 18.6. The van der Waals surface area contributed by atoms with Crippen molar-refractivity contribution < 1.29 is 19.1 Å². The Morgan fingerprint density at radius 2 is 1.62 bits per heavy atom. The van der Waals surface area contributed by atoms with Crippen molar-refractivity contribution in [1.82, 2.24) is 14.7 Å². The smallest absolute Gasteiger partial charge is 0.265 e. The summed E-state index contributed by atoms with van der Waals surface area (Å²) in [7, 11) is 5.26. The molecule has 2 aliphatic heterocycles. The summed E-state index contributed by atoms with van der Waals surface area (Å²) in [6.45, 7) is 2.33. The third kappa shape index (κ3) is 6.41. The van der Waals surface area contributed by atoms with E-state index in [0.717, 1.165) is 42.6 Å². The minimum Gasteiger partial charge on any atom is -0.482 e. The van der Waals surface area contributed by atoms with Crippen LogP contribution in [-0.2, 0) is 9.59 Å². The van der Waals surface area contributed by atoms with Crippen LogP contribution in [0.4, 0.5) is 5.69 Å². The number of nitrogens with zero attached hydrogens (tertiary/aromatic N) is 4. The number of hydrogen-bond donors (Lipinski definition) is 0. The predicted molar refractivity (Wildman–Crippen MR) is 165 cm³/mol. The molecule has 0 spiro atoms. The average molecular weight is 610 g/mol. The quantitative estimate of drug-likeness (QED) is 0.343. The highest BCUT2D eigenvalue weighted by molar-refractivity contribution is 6.42. The molecule has 0 N–H and O–H groups in total. The van der Waals surface area contributed by atoms with Crippen LogP contribution in [0.5, 0.6) is 5.75 Å². The summed E-state index contributed by atoms with van der Waals surface area (Å²) < 4.78 is 5.54. The Hall–Kier alpha value is -3.59. The molecule has 220 valence electrons. The van der Waals surface area contributed by atoms with Gasteiger partial charge in [-0.2, -0.15) is 0 Å². The van der Waals surface area contributed by atoms with Gasteiger partial charge in [0.05, 0.1) is 21.8 Å². The summed E-state index contributed by atoms with van der Waals surface area (Å²) >= 11 is 12.4. The topological polar surface area (TPSA) is 73.4 Å². The average Bonchev–Trinajstić information content (AvgIpc) is 3.51. The first-order valence-corrected chi connectivity index (χ1v) is 14.7. The minimum absolute atomic E-state index is 0.0500. The van der Waals surface area contributed by atoms with Crippen molar-refractivity contribution in [2.75, 3.05) is 58.8 Å². The first-order valence-electron chi connectivity index (χ1n) is 13.9. The molecule has 5 rings (SSSR count). The summed E-state index contributed by atoms with van der Waals surface area (Å²) in [6.07, 6.45) is 2.27. The van der Waals surface area contributed by atoms with Crippen LogP contribution in [0.2, 0.25) is 10.0 Å². The van der Waals surface area contributed by atoms with E-state index in [1.54, 1.807) is 43.1 Å². The van der Waals surface area contributed by atoms with E-state index in [1.807, 2.05) is 48.5 Å². The number of likely N-dealkylation sites (N-methyl/N-ethyl adjacent to an activating group) is 1. The fourth-order valence-corrected chi connectivity index (χ4v) is 5.75. The van der Waals surface area contributed by atoms with Gasteiger partial charge in [-0.05, 0) is 60.8 Å². The Morgan fingerprint density at radius 1 is 0.929 bits per heavy atom. The first-order chi connectivity index (χ1) is 20.1. The van der Waals surface area contributed by atoms with Gasteiger partial charge in [0.15, 0.2) is 6.61 Å². The monoisotopic (exact) mass is 608 g/mol. The van der Waals surface area contributed by atoms with Gasteiger partial charge < -0.3 is 19.4 Å². The zero-order valence-electron chi connectivity index (χ0n) is 24.0. The molecule has 0 aliphatic carbocycles. The lowest BCUT2D eigenvalue weighted by Gasteiger charge is -2.35. The van der Waals surface area contributed by atoms with Crippen molar-refractivity contribution in [3.63, 3.8) is 0 Å². The number of anilines is 1. The van der Waals surface area contributed by atoms with Gasteiger partial charge in [-0.25, -0.2) is 0 Å². The van der Waals surface area contributed by atoms with Gasteiger partial charge in [0.25, 0.3) is 11.8 Å². The number of carbonyl (C=O) groups is 3. The Kier molecular flexibility index (Phi) is 9.06. The predicted octanol–water partition coefficient (Wildman–Crippen LogP) is 5.38. The van der Waals surface area contributed by atoms with Crippen molar-refractivity contribution in [2.45, 2.75) is 18.9 Å². The van der Waals surface area contributed by atoms with Crippen LogP contribution in [0.1, 0.15) is 34.8 Å². The fourth-order valence-electron chi connectivity index (χ4n) is 5.44. The second-order valence-electron chi connectivity index (χ2n) is 10.9. The maximum absolute atomic E-state index is 13.7. The van der Waals surface area contributed by atoms with E-state index in [0.29, 0.717) is 28.6 Å². The van der Waals surface area contributed by atoms with Crippen molar-refractivity contribution in [1.29, 1.82) is 0 Å². The summed E-state index contributed by atoms with van der Waals surface area (Å²) in [5.41, 5.74) is 3.97. The Balaban J connectivity index is 1.39. The van der Waals surface area contributed by atoms with E-state index in [-0.39, 0.29) is 41.9 Å². The van der Waals surface area contributed by atoms with Crippen LogP contribution in [0.15, 0.2) is 60.7 Å². The number of likely N-dealkylation sites (tertiary alicyclic amines) is 1. The molecule has 42 heavy (non-hydrogen) atoms. The molecule has 1 saturated heterocycles. The lowest BCUT2D eigenvalue weighted by molar-refractivity contribution is -0.133. The number of fused-ring (bicyclic) bond motifs is 1. The van der Waals surface area contributed by atoms with Gasteiger partial charge in [-0.3, -0.25) is 19.3 Å². The SMILES string of the molecule is CN(C)C(=O)c1cccc(-c2ccc(C(CN3CCCC3)N(C)C(=O)CN3C(=O)COc4cc(Cl)c(Cl)cc43)cc2)c1. The highest BCUT2D eigenvalue weighted by Crippen LogP contribution is 2.39. The lowest BCUT2D eigenvalue weighted by Crippen LogP contribution is -2.47. The molecule has 0 radical (unpaired) electrons. The third-order valence-corrected chi connectivity index (χ3v) is 8.60. The molecule has 3 amide bonds. The van der Waals surface area contributed by atoms with E-state index in [2.05, 4.69) is 4.90 Å². The molecule has 10 heteroatoms. The minimum atomic E-state index is -0.321. The molecule has 2 aliphatic rings. The second-order valence-corrected chi connectivity index (χ2v) is 11.7. The van der Waals surface area contributed by atoms with Crippen molar-refractivity contribution in [3.8, 4) is 16.9 Å². The highest BCUT2D eigenvalue weighted by Gasteiger charge is 2.32. The molecule has 8 nitrogen and oxygen atoms in total. The molecule has 1 fully saturated rings. The van der Waals surface area contributed by atoms with E-state index in [4.69, 9.17) is 27.9 Å². The number of halogens is 2. The lowest BCUT2D eigenvalue weighted by atomic mass is 9.98. The maximum Gasteiger partial charge on any atom is 0.265 e. The zero-order valence-corrected chi connectivity index (χ0v) is 25.5. The van der Waals surface area contributed by atoms with Crippen LogP contribution in [0.25, 0.3) is 11.1 Å². The summed E-state index contributed by atoms with van der Waals surface area (Å²) in [4.78, 5) is 46.1. The van der Waals surface area contributed by atoms with E-state index in [1.165, 1.54) is 4.90 Å². The third-order valence-electron chi connectivity index (χ3n) is 7.87. The van der Waals surface area contributed by atoms with Crippen molar-refractivity contribution in [3.05, 3.63) is 81.8 Å². The molecule has 1 unspecified atom stereocenters. The molecule has 2 heterocycles. The highest BCUT2D eigenvalue weighted by atomic mass is 35.5. The molecule has 3 aromatic carbocycles. The fraction of sp³-hybridized carbons (Fsp3) is 0.344. The van der Waals surface area contributed by atoms with Crippen LogP contribution >= 0.6 is 23.2 Å². The molecule has 0 saturated carbocycles. The van der Waals surface area contributed by atoms with Gasteiger partial charge >= 0.3 is 0 Å². The number of hydrogen-bond acceptors (Lipinski definition) is 5. The van der Waals surface area contributed by atoms with E-state index < -0.39 is 0 Å². The van der Waals surface area contributed by atoms with Crippen LogP contribution in [-0.4, -0.2) is 86.4 Å². The van der Waals surface area contributed by atoms with Gasteiger partial charge in [-0.15, -0.1) is 0 Å². The number of carbonyl (C=O) groups excluding carboxylic acids is 3. The Bertz CT molecular complexity index is 1490. The standard InChI is InChI=1S/C32H34Cl2N4O4/c1-35(2)32(41)24-8-6-7-23(15-24)21-9-11-22(12-10-21)28(18-37-13-4-5-14-37)36(3)30(39)19-38-27-16-25(33)26(34)17-29(27)42-20-31(38)40/h6-12,15-17,28H,4-5,13-14,18-20H2,1-3H3. The van der Waals surface area contributed by atoms with Crippen LogP contribution in [0, 0.1) is 0 Å². The van der Waals surface area contributed by atoms with Crippen LogP contribution in [0.3, 0.4) is 0 Å². The van der Waals surface area contributed by atoms with E-state index in [9.17, 15) is 14.4 Å². The summed E-state index contributed by atoms with van der Waals surface area (Å²) in [5, 5.41) is 0.599. The second kappa shape index (κ2) is 12.7. The molecule has 0 bridgehead atoms. The van der Waals surface area contributed by atoms with Gasteiger partial charge in [0, 0.05) is 39.3 Å². The largest absolute Gasteiger partial charge is 0.482 e. The molecular weight excluding hydrogens is 575 g/mol. The molecule has 0 aromatic heterocycles. The molecule has 3 aromatic rings. The first kappa shape index (κ1) is 29.9. The normalized spacial score (nSPS) is 15.6. The Labute approximate surface area is 256 Å². The molecule has 1 atom stereocenters. The summed E-state index contributed by atoms with van der Waals surface area (Å²) in [5.74, 6) is -0.158. The van der Waals surface area contributed by atoms with Crippen LogP contribution < -0.4 is 9.64 Å². The van der Waals surface area contributed by atoms with Crippen molar-refractivity contribution >= 4 is 46.6 Å². The zero-order chi connectivity index (χ0) is 30.0. The van der Waals surface area contributed by atoms with Gasteiger partial charge in [0.1, 0.15) is 12.3 Å². The van der Waals surface area contributed by atoms with Gasteiger partial charge in [-0.1, -0.05) is 59.6 Å². The number of amides is 3. The van der Waals surface area contributed by atoms with Crippen molar-refractivity contribution in [2.24, 2.45) is 0 Å². The Morgan fingerprint density at radius 3 is 2.31 bits per heavy atom. The number of ether oxygens (including phenoxy) is 1.